The van der Waals surface area contributed by atoms with E-state index < -0.39 is 41.4 Å². The molecule has 0 aromatic heterocycles. The average molecular weight is 411 g/mol. The Labute approximate surface area is 172 Å². The molecule has 164 valence electrons. The average Bonchev–Trinajstić information content (AvgIpc) is 2.99. The molecule has 1 fully saturated rings. The van der Waals surface area contributed by atoms with Gasteiger partial charge in [0.15, 0.2) is 0 Å². The van der Waals surface area contributed by atoms with Crippen LogP contribution < -0.4 is 0 Å². The quantitative estimate of drug-likeness (QED) is 0.326. The zero-order valence-electron chi connectivity index (χ0n) is 18.3. The van der Waals surface area contributed by atoms with E-state index in [1.807, 2.05) is 13.8 Å². The van der Waals surface area contributed by atoms with E-state index in [0.717, 1.165) is 4.90 Å². The smallest absolute Gasteiger partial charge is 0.416 e. The summed E-state index contributed by atoms with van der Waals surface area (Å²) in [5.74, 6) is -3.02. The SMILES string of the molecule is C=C(COC(C)=O)C[C@H](C(=O)N1CCOC1=O)[C@@H](CC(C)C)C(=O)OC(C)(C)C. The summed E-state index contributed by atoms with van der Waals surface area (Å²) in [5.41, 5.74) is -0.246. The van der Waals surface area contributed by atoms with E-state index in [4.69, 9.17) is 14.2 Å². The molecule has 0 bridgehead atoms. The van der Waals surface area contributed by atoms with Crippen molar-refractivity contribution in [2.45, 2.75) is 60.0 Å². The number of imide groups is 1. The molecule has 0 N–H and O–H groups in total. The van der Waals surface area contributed by atoms with E-state index >= 15 is 0 Å². The summed E-state index contributed by atoms with van der Waals surface area (Å²) < 4.78 is 15.4. The van der Waals surface area contributed by atoms with Gasteiger partial charge in [-0.15, -0.1) is 0 Å². The molecule has 0 radical (unpaired) electrons. The molecular formula is C21H33NO7. The van der Waals surface area contributed by atoms with Crippen LogP contribution in [0.25, 0.3) is 0 Å². The first-order valence-electron chi connectivity index (χ1n) is 9.82. The number of nitrogens with zero attached hydrogens (tertiary/aromatic N) is 1. The third kappa shape index (κ3) is 8.25. The third-order valence-corrected chi connectivity index (χ3v) is 4.25. The lowest BCUT2D eigenvalue weighted by molar-refractivity contribution is -0.165. The predicted molar refractivity (Wildman–Crippen MR) is 106 cm³/mol. The number of esters is 2. The zero-order chi connectivity index (χ0) is 22.4. The first-order valence-corrected chi connectivity index (χ1v) is 9.82. The largest absolute Gasteiger partial charge is 0.461 e. The lowest BCUT2D eigenvalue weighted by Crippen LogP contribution is -2.44. The number of hydrogen-bond acceptors (Lipinski definition) is 7. The summed E-state index contributed by atoms with van der Waals surface area (Å²) in [6.07, 6.45) is -0.236. The molecule has 1 aliphatic rings. The van der Waals surface area contributed by atoms with Crippen LogP contribution in [0, 0.1) is 17.8 Å². The molecule has 1 aliphatic heterocycles. The minimum atomic E-state index is -0.874. The van der Waals surface area contributed by atoms with Crippen LogP contribution in [-0.4, -0.2) is 54.2 Å². The van der Waals surface area contributed by atoms with Crippen molar-refractivity contribution >= 4 is 23.9 Å². The molecule has 0 aromatic rings. The molecule has 0 unspecified atom stereocenters. The van der Waals surface area contributed by atoms with E-state index in [1.165, 1.54) is 6.92 Å². The minimum absolute atomic E-state index is 0.0632. The van der Waals surface area contributed by atoms with Gasteiger partial charge in [0.05, 0.1) is 18.4 Å². The number of hydrogen-bond donors (Lipinski definition) is 0. The van der Waals surface area contributed by atoms with Crippen LogP contribution in [0.2, 0.25) is 0 Å². The summed E-state index contributed by atoms with van der Waals surface area (Å²) in [6, 6.07) is 0. The van der Waals surface area contributed by atoms with Gasteiger partial charge < -0.3 is 14.2 Å². The highest BCUT2D eigenvalue weighted by molar-refractivity contribution is 5.96. The maximum Gasteiger partial charge on any atom is 0.416 e. The molecule has 0 saturated carbocycles. The Bertz CT molecular complexity index is 648. The van der Waals surface area contributed by atoms with Gasteiger partial charge in [0, 0.05) is 6.92 Å². The van der Waals surface area contributed by atoms with Gasteiger partial charge in [-0.3, -0.25) is 14.4 Å². The van der Waals surface area contributed by atoms with Crippen LogP contribution in [0.5, 0.6) is 0 Å². The molecule has 1 heterocycles. The standard InChI is InChI=1S/C21H33NO7/c1-13(2)10-17(19(25)29-21(5,6)7)16(11-14(3)12-28-15(4)23)18(24)22-8-9-27-20(22)26/h13,16-17H,3,8-12H2,1-2,4-7H3/t16-,17+/m0/s1. The lowest BCUT2D eigenvalue weighted by atomic mass is 9.80. The Morgan fingerprint density at radius 1 is 1.21 bits per heavy atom. The van der Waals surface area contributed by atoms with Crippen LogP contribution in [0.3, 0.4) is 0 Å². The second-order valence-corrected chi connectivity index (χ2v) is 8.71. The van der Waals surface area contributed by atoms with Crippen molar-refractivity contribution in [2.24, 2.45) is 17.8 Å². The monoisotopic (exact) mass is 411 g/mol. The van der Waals surface area contributed by atoms with E-state index in [1.54, 1.807) is 20.8 Å². The molecule has 0 aliphatic carbocycles. The molecule has 0 aromatic carbocycles. The zero-order valence-corrected chi connectivity index (χ0v) is 18.3. The Morgan fingerprint density at radius 2 is 1.83 bits per heavy atom. The molecule has 1 saturated heterocycles. The number of cyclic esters (lactones) is 1. The van der Waals surface area contributed by atoms with E-state index in [0.29, 0.717) is 12.0 Å². The predicted octanol–water partition coefficient (Wildman–Crippen LogP) is 3.09. The van der Waals surface area contributed by atoms with Crippen molar-refractivity contribution in [1.82, 2.24) is 4.90 Å². The van der Waals surface area contributed by atoms with Crippen LogP contribution >= 0.6 is 0 Å². The van der Waals surface area contributed by atoms with Crippen LogP contribution in [0.1, 0.15) is 54.4 Å². The van der Waals surface area contributed by atoms with Crippen molar-refractivity contribution in [2.75, 3.05) is 19.8 Å². The van der Waals surface area contributed by atoms with Crippen molar-refractivity contribution in [3.63, 3.8) is 0 Å². The van der Waals surface area contributed by atoms with Crippen LogP contribution in [-0.2, 0) is 28.6 Å². The fourth-order valence-corrected chi connectivity index (χ4v) is 3.08. The molecule has 2 amide bonds. The van der Waals surface area contributed by atoms with Crippen molar-refractivity contribution < 1.29 is 33.4 Å². The van der Waals surface area contributed by atoms with Gasteiger partial charge in [0.1, 0.15) is 18.8 Å². The molecule has 1 rings (SSSR count). The maximum atomic E-state index is 13.2. The fraction of sp³-hybridized carbons (Fsp3) is 0.714. The van der Waals surface area contributed by atoms with E-state index in [2.05, 4.69) is 6.58 Å². The van der Waals surface area contributed by atoms with Crippen molar-refractivity contribution in [3.8, 4) is 0 Å². The van der Waals surface area contributed by atoms with Gasteiger partial charge >= 0.3 is 18.0 Å². The maximum absolute atomic E-state index is 13.2. The number of rotatable bonds is 9. The molecular weight excluding hydrogens is 378 g/mol. The highest BCUT2D eigenvalue weighted by atomic mass is 16.6. The normalized spacial score (nSPS) is 16.2. The highest BCUT2D eigenvalue weighted by Crippen LogP contribution is 2.31. The van der Waals surface area contributed by atoms with Gasteiger partial charge in [0.25, 0.3) is 0 Å². The van der Waals surface area contributed by atoms with Crippen LogP contribution in [0.4, 0.5) is 4.79 Å². The first kappa shape index (κ1) is 24.7. The molecule has 29 heavy (non-hydrogen) atoms. The summed E-state index contributed by atoms with van der Waals surface area (Å²) >= 11 is 0. The molecule has 8 heteroatoms. The third-order valence-electron chi connectivity index (χ3n) is 4.25. The summed E-state index contributed by atoms with van der Waals surface area (Å²) in [4.78, 5) is 50.2. The summed E-state index contributed by atoms with van der Waals surface area (Å²) in [7, 11) is 0. The van der Waals surface area contributed by atoms with E-state index in [-0.39, 0.29) is 32.1 Å². The van der Waals surface area contributed by atoms with Gasteiger partial charge in [-0.1, -0.05) is 20.4 Å². The van der Waals surface area contributed by atoms with Gasteiger partial charge in [0.2, 0.25) is 5.91 Å². The Morgan fingerprint density at radius 3 is 2.28 bits per heavy atom. The van der Waals surface area contributed by atoms with Crippen molar-refractivity contribution in [1.29, 1.82) is 0 Å². The Kier molecular flexibility index (Phi) is 8.85. The van der Waals surface area contributed by atoms with Crippen LogP contribution in [0.15, 0.2) is 12.2 Å². The topological polar surface area (TPSA) is 99.2 Å². The second-order valence-electron chi connectivity index (χ2n) is 8.71. The molecule has 8 nitrogen and oxygen atoms in total. The number of ether oxygens (including phenoxy) is 3. The van der Waals surface area contributed by atoms with Gasteiger partial charge in [-0.25, -0.2) is 9.69 Å². The number of carbonyl (C=O) groups is 4. The Balaban J connectivity index is 3.18. The van der Waals surface area contributed by atoms with E-state index in [9.17, 15) is 19.2 Å². The highest BCUT2D eigenvalue weighted by Gasteiger charge is 2.42. The fourth-order valence-electron chi connectivity index (χ4n) is 3.08. The Hall–Kier alpha value is -2.38. The van der Waals surface area contributed by atoms with Gasteiger partial charge in [-0.2, -0.15) is 0 Å². The molecule has 2 atom stereocenters. The summed E-state index contributed by atoms with van der Waals surface area (Å²) in [5, 5.41) is 0. The minimum Gasteiger partial charge on any atom is -0.461 e. The van der Waals surface area contributed by atoms with Gasteiger partial charge in [-0.05, 0) is 45.1 Å². The lowest BCUT2D eigenvalue weighted by Gasteiger charge is -2.31. The first-order chi connectivity index (χ1) is 13.3. The summed E-state index contributed by atoms with van der Waals surface area (Å²) in [6.45, 7) is 14.5. The number of carbonyl (C=O) groups excluding carboxylic acids is 4. The number of amides is 2. The van der Waals surface area contributed by atoms with Crippen molar-refractivity contribution in [3.05, 3.63) is 12.2 Å². The molecule has 0 spiro atoms. The second kappa shape index (κ2) is 10.4.